The Morgan fingerprint density at radius 2 is 1.86 bits per heavy atom. The summed E-state index contributed by atoms with van der Waals surface area (Å²) in [5.74, 6) is 0.957. The molecule has 1 saturated carbocycles. The van der Waals surface area contributed by atoms with Crippen LogP contribution < -0.4 is 10.2 Å². The zero-order valence-corrected chi connectivity index (χ0v) is 17.5. The van der Waals surface area contributed by atoms with Gasteiger partial charge in [0.15, 0.2) is 0 Å². The number of amides is 2. The molecule has 29 heavy (non-hydrogen) atoms. The van der Waals surface area contributed by atoms with Crippen LogP contribution in [0.25, 0.3) is 0 Å². The zero-order chi connectivity index (χ0) is 20.5. The molecule has 2 heterocycles. The van der Waals surface area contributed by atoms with Crippen LogP contribution in [-0.2, 0) is 11.3 Å². The zero-order valence-electron chi connectivity index (χ0n) is 16.7. The lowest BCUT2D eigenvalue weighted by atomic mass is 10.0. The Bertz CT molecular complexity index is 883. The number of anilines is 1. The maximum Gasteiger partial charge on any atom is 0.344 e. The van der Waals surface area contributed by atoms with Gasteiger partial charge >= 0.3 is 6.03 Å². The number of likely N-dealkylation sites (tertiary alicyclic amines) is 1. The molecular formula is C21H26ClN5O2. The van der Waals surface area contributed by atoms with E-state index in [4.69, 9.17) is 11.6 Å². The molecule has 2 amide bonds. The van der Waals surface area contributed by atoms with Crippen molar-refractivity contribution in [2.24, 2.45) is 11.8 Å². The first-order valence-electron chi connectivity index (χ1n) is 9.97. The molecule has 154 valence electrons. The van der Waals surface area contributed by atoms with Crippen molar-refractivity contribution in [2.45, 2.75) is 32.4 Å². The molecule has 0 spiro atoms. The van der Waals surface area contributed by atoms with Gasteiger partial charge in [-0.15, -0.1) is 0 Å². The van der Waals surface area contributed by atoms with Crippen LogP contribution in [0.15, 0.2) is 36.7 Å². The summed E-state index contributed by atoms with van der Waals surface area (Å²) in [7, 11) is 1.67. The minimum atomic E-state index is -0.117. The van der Waals surface area contributed by atoms with Crippen molar-refractivity contribution in [3.8, 4) is 0 Å². The second-order valence-electron chi connectivity index (χ2n) is 8.10. The van der Waals surface area contributed by atoms with Gasteiger partial charge in [0.05, 0.1) is 18.1 Å². The van der Waals surface area contributed by atoms with Crippen LogP contribution in [0.1, 0.15) is 25.3 Å². The third-order valence-corrected chi connectivity index (χ3v) is 6.41. The van der Waals surface area contributed by atoms with Crippen molar-refractivity contribution in [3.63, 3.8) is 0 Å². The molecule has 3 atom stereocenters. The molecule has 2 aliphatic rings. The van der Waals surface area contributed by atoms with Gasteiger partial charge in [0.25, 0.3) is 0 Å². The van der Waals surface area contributed by atoms with Crippen molar-refractivity contribution in [1.82, 2.24) is 20.0 Å². The average Bonchev–Trinajstić information content (AvgIpc) is 3.41. The summed E-state index contributed by atoms with van der Waals surface area (Å²) in [5, 5.41) is 8.55. The van der Waals surface area contributed by atoms with E-state index in [9.17, 15) is 9.59 Å². The van der Waals surface area contributed by atoms with E-state index in [1.54, 1.807) is 19.4 Å². The van der Waals surface area contributed by atoms with E-state index in [-0.39, 0.29) is 11.9 Å². The number of aromatic nitrogens is 2. The number of rotatable bonds is 4. The fraction of sp³-hybridized carbons (Fsp3) is 0.476. The summed E-state index contributed by atoms with van der Waals surface area (Å²) in [6, 6.07) is 8.30. The number of nitrogens with zero attached hydrogens (tertiary/aromatic N) is 4. The molecule has 2 fully saturated rings. The van der Waals surface area contributed by atoms with E-state index in [1.165, 1.54) is 22.1 Å². The number of carbonyl (C=O) groups is 2. The Labute approximate surface area is 175 Å². The van der Waals surface area contributed by atoms with Crippen LogP contribution in [0.3, 0.4) is 0 Å². The number of benzene rings is 1. The molecule has 1 N–H and O–H groups in total. The number of carbonyl (C=O) groups excluding carboxylic acids is 2. The van der Waals surface area contributed by atoms with Gasteiger partial charge in [-0.05, 0) is 42.4 Å². The van der Waals surface area contributed by atoms with Gasteiger partial charge in [0.2, 0.25) is 5.91 Å². The van der Waals surface area contributed by atoms with Crippen molar-refractivity contribution in [1.29, 1.82) is 0 Å². The summed E-state index contributed by atoms with van der Waals surface area (Å²) in [5.41, 5.74) is 1.85. The third kappa shape index (κ3) is 4.31. The molecule has 0 radical (unpaired) electrons. The highest BCUT2D eigenvalue weighted by atomic mass is 35.5. The lowest BCUT2D eigenvalue weighted by Crippen LogP contribution is -2.35. The highest BCUT2D eigenvalue weighted by molar-refractivity contribution is 6.30. The molecule has 8 heteroatoms. The molecule has 4 rings (SSSR count). The maximum atomic E-state index is 12.8. The Kier molecular flexibility index (Phi) is 5.61. The number of halogens is 1. The second-order valence-corrected chi connectivity index (χ2v) is 8.54. The molecule has 1 aromatic heterocycles. The molecule has 0 bridgehead atoms. The lowest BCUT2D eigenvalue weighted by molar-refractivity contribution is -0.116. The number of hydrogen-bond donors (Lipinski definition) is 1. The van der Waals surface area contributed by atoms with Gasteiger partial charge in [-0.3, -0.25) is 4.79 Å². The minimum Gasteiger partial charge on any atom is -0.322 e. The van der Waals surface area contributed by atoms with E-state index >= 15 is 0 Å². The molecule has 1 aliphatic carbocycles. The summed E-state index contributed by atoms with van der Waals surface area (Å²) in [6.45, 7) is 3.85. The quantitative estimate of drug-likeness (QED) is 0.833. The minimum absolute atomic E-state index is 0.0927. The number of hydrogen-bond acceptors (Lipinski definition) is 4. The highest BCUT2D eigenvalue weighted by Gasteiger charge is 2.42. The molecule has 1 saturated heterocycles. The van der Waals surface area contributed by atoms with Crippen molar-refractivity contribution < 1.29 is 9.59 Å². The molecule has 1 aromatic carbocycles. The van der Waals surface area contributed by atoms with Crippen molar-refractivity contribution in [2.75, 3.05) is 25.0 Å². The van der Waals surface area contributed by atoms with E-state index in [0.717, 1.165) is 37.5 Å². The van der Waals surface area contributed by atoms with E-state index in [0.29, 0.717) is 23.6 Å². The fourth-order valence-corrected chi connectivity index (χ4v) is 4.53. The van der Waals surface area contributed by atoms with Crippen LogP contribution in [-0.4, -0.2) is 52.8 Å². The largest absolute Gasteiger partial charge is 0.344 e. The summed E-state index contributed by atoms with van der Waals surface area (Å²) < 4.78 is 1.34. The first-order valence-corrected chi connectivity index (χ1v) is 10.3. The van der Waals surface area contributed by atoms with Crippen LogP contribution in [0.5, 0.6) is 0 Å². The van der Waals surface area contributed by atoms with E-state index < -0.39 is 0 Å². The number of nitrogens with one attached hydrogen (secondary N) is 1. The Morgan fingerprint density at radius 3 is 2.48 bits per heavy atom. The molecular weight excluding hydrogens is 390 g/mol. The van der Waals surface area contributed by atoms with Gasteiger partial charge in [0.1, 0.15) is 0 Å². The Balaban J connectivity index is 1.29. The summed E-state index contributed by atoms with van der Waals surface area (Å²) >= 11 is 5.94. The first kappa shape index (κ1) is 19.9. The lowest BCUT2D eigenvalue weighted by Gasteiger charge is -2.19. The topological polar surface area (TPSA) is 70.5 Å². The Morgan fingerprint density at radius 1 is 1.21 bits per heavy atom. The van der Waals surface area contributed by atoms with Crippen molar-refractivity contribution in [3.05, 3.63) is 47.2 Å². The predicted molar refractivity (Wildman–Crippen MR) is 112 cm³/mol. The van der Waals surface area contributed by atoms with Crippen LogP contribution in [0, 0.1) is 11.8 Å². The molecule has 1 aliphatic heterocycles. The van der Waals surface area contributed by atoms with Gasteiger partial charge in [-0.25, -0.2) is 4.79 Å². The van der Waals surface area contributed by atoms with E-state index in [1.807, 2.05) is 29.2 Å². The maximum absolute atomic E-state index is 12.8. The van der Waals surface area contributed by atoms with E-state index in [2.05, 4.69) is 10.4 Å². The monoisotopic (exact) mass is 415 g/mol. The smallest absolute Gasteiger partial charge is 0.322 e. The fourth-order valence-electron chi connectivity index (χ4n) is 4.41. The first-order chi connectivity index (χ1) is 13.9. The molecule has 7 nitrogen and oxygen atoms in total. The predicted octanol–water partition coefficient (Wildman–Crippen LogP) is 2.99. The summed E-state index contributed by atoms with van der Waals surface area (Å²) in [6.07, 6.45) is 5.33. The normalized spacial score (nSPS) is 23.3. The molecule has 1 unspecified atom stereocenters. The van der Waals surface area contributed by atoms with Gasteiger partial charge in [0, 0.05) is 44.7 Å². The average molecular weight is 416 g/mol. The van der Waals surface area contributed by atoms with Crippen LogP contribution in [0.4, 0.5) is 10.5 Å². The van der Waals surface area contributed by atoms with Gasteiger partial charge < -0.3 is 15.1 Å². The second kappa shape index (κ2) is 8.16. The highest BCUT2D eigenvalue weighted by Crippen LogP contribution is 2.38. The molecule has 2 aromatic rings. The SMILES string of the molecule is CC(=O)N(C)c1cnn(C(=O)N2CC3C[C@@H](NCc4ccc(Cl)cc4)C[C@H]3C2)c1. The summed E-state index contributed by atoms with van der Waals surface area (Å²) in [4.78, 5) is 27.6. The standard InChI is InChI=1S/C21H26ClN5O2/c1-14(28)25(2)20-10-24-27(13-20)21(29)26-11-16-7-19(8-17(16)12-26)23-9-15-3-5-18(22)6-4-15/h3-6,10,13,16-17,19,23H,7-9,11-12H2,1-2H3/t16-,17?,19-/m0/s1. The Hall–Kier alpha value is -2.38. The van der Waals surface area contributed by atoms with Gasteiger partial charge in [-0.1, -0.05) is 23.7 Å². The van der Waals surface area contributed by atoms with Crippen LogP contribution in [0.2, 0.25) is 5.02 Å². The van der Waals surface area contributed by atoms with Crippen LogP contribution >= 0.6 is 11.6 Å². The third-order valence-electron chi connectivity index (χ3n) is 6.15. The van der Waals surface area contributed by atoms with Crippen molar-refractivity contribution >= 4 is 29.2 Å². The van der Waals surface area contributed by atoms with Gasteiger partial charge in [-0.2, -0.15) is 9.78 Å². The number of fused-ring (bicyclic) bond motifs is 1.